The summed E-state index contributed by atoms with van der Waals surface area (Å²) in [5.74, 6) is 4.06. The fourth-order valence-electron chi connectivity index (χ4n) is 0.866. The summed E-state index contributed by atoms with van der Waals surface area (Å²) < 4.78 is 12.9. The second-order valence-electron chi connectivity index (χ2n) is 2.34. The van der Waals surface area contributed by atoms with Crippen LogP contribution in [0.4, 0.5) is 4.39 Å². The van der Waals surface area contributed by atoms with Crippen molar-refractivity contribution in [2.75, 3.05) is 0 Å². The van der Waals surface area contributed by atoms with Gasteiger partial charge in [0.05, 0.1) is 6.42 Å². The van der Waals surface area contributed by atoms with Crippen LogP contribution in [-0.4, -0.2) is 5.91 Å². The zero-order valence-corrected chi connectivity index (χ0v) is 7.60. The summed E-state index contributed by atoms with van der Waals surface area (Å²) in [6, 6.07) is 6.09. The minimum atomic E-state index is -0.403. The van der Waals surface area contributed by atoms with E-state index in [-0.39, 0.29) is 24.6 Å². The van der Waals surface area contributed by atoms with E-state index in [1.165, 1.54) is 6.07 Å². The molecule has 0 heterocycles. The van der Waals surface area contributed by atoms with E-state index in [9.17, 15) is 9.18 Å². The van der Waals surface area contributed by atoms with Gasteiger partial charge in [-0.25, -0.2) is 10.2 Å². The molecule has 5 heteroatoms. The molecule has 1 aromatic carbocycles. The van der Waals surface area contributed by atoms with E-state index in [2.05, 4.69) is 0 Å². The molecule has 0 aliphatic heterocycles. The molecule has 3 N–H and O–H groups in total. The van der Waals surface area contributed by atoms with Crippen molar-refractivity contribution in [3.8, 4) is 0 Å². The number of nitrogens with two attached hydrogens (primary N) is 1. The highest BCUT2D eigenvalue weighted by Gasteiger charge is 2.04. The third kappa shape index (κ3) is 3.40. The molecule has 13 heavy (non-hydrogen) atoms. The van der Waals surface area contributed by atoms with Gasteiger partial charge in [-0.2, -0.15) is 0 Å². The highest BCUT2D eigenvalue weighted by atomic mass is 35.5. The molecule has 1 amide bonds. The van der Waals surface area contributed by atoms with Crippen LogP contribution in [0.3, 0.4) is 0 Å². The van der Waals surface area contributed by atoms with Crippen LogP contribution in [0.2, 0.25) is 0 Å². The molecule has 0 aliphatic rings. The number of nitrogens with one attached hydrogen (secondary N) is 1. The fraction of sp³-hybridized carbons (Fsp3) is 0.125. The van der Waals surface area contributed by atoms with Gasteiger partial charge in [0.15, 0.2) is 0 Å². The second-order valence-corrected chi connectivity index (χ2v) is 2.34. The van der Waals surface area contributed by atoms with Crippen molar-refractivity contribution in [2.24, 2.45) is 5.84 Å². The smallest absolute Gasteiger partial charge is 0.238 e. The lowest BCUT2D eigenvalue weighted by molar-refractivity contribution is -0.120. The predicted octanol–water partition coefficient (Wildman–Crippen LogP) is 0.780. The Balaban J connectivity index is 0.00000144. The lowest BCUT2D eigenvalue weighted by Crippen LogP contribution is -2.31. The normalized spacial score (nSPS) is 8.77. The summed E-state index contributed by atoms with van der Waals surface area (Å²) in [5.41, 5.74) is 2.28. The highest BCUT2D eigenvalue weighted by Crippen LogP contribution is 2.06. The Morgan fingerprint density at radius 1 is 1.46 bits per heavy atom. The SMILES string of the molecule is Cl.NNC(=O)Cc1ccccc1F. The molecule has 1 aromatic rings. The van der Waals surface area contributed by atoms with Gasteiger partial charge in [0.1, 0.15) is 5.82 Å². The number of hydrazine groups is 1. The molecule has 0 atom stereocenters. The maximum Gasteiger partial charge on any atom is 0.238 e. The third-order valence-corrected chi connectivity index (χ3v) is 1.47. The first-order chi connectivity index (χ1) is 5.74. The van der Waals surface area contributed by atoms with E-state index in [1.54, 1.807) is 18.2 Å². The Labute approximate surface area is 81.5 Å². The van der Waals surface area contributed by atoms with Crippen molar-refractivity contribution in [3.63, 3.8) is 0 Å². The van der Waals surface area contributed by atoms with E-state index in [4.69, 9.17) is 5.84 Å². The number of amides is 1. The standard InChI is InChI=1S/C8H9FN2O.ClH/c9-7-4-2-1-3-6(7)5-8(12)11-10;/h1-4H,5,10H2,(H,11,12);1H. The quantitative estimate of drug-likeness (QED) is 0.425. The molecule has 0 fully saturated rings. The molecule has 72 valence electrons. The van der Waals surface area contributed by atoms with Crippen molar-refractivity contribution in [1.82, 2.24) is 5.43 Å². The molecular formula is C8H10ClFN2O. The molecule has 0 aromatic heterocycles. The Bertz CT molecular complexity index is 293. The Hall–Kier alpha value is -1.13. The van der Waals surface area contributed by atoms with E-state index in [1.807, 2.05) is 5.43 Å². The maximum absolute atomic E-state index is 12.9. The van der Waals surface area contributed by atoms with Gasteiger partial charge in [0.2, 0.25) is 5.91 Å². The third-order valence-electron chi connectivity index (χ3n) is 1.47. The monoisotopic (exact) mass is 204 g/mol. The van der Waals surface area contributed by atoms with E-state index in [0.717, 1.165) is 0 Å². The Morgan fingerprint density at radius 2 is 2.08 bits per heavy atom. The number of halogens is 2. The largest absolute Gasteiger partial charge is 0.294 e. The van der Waals surface area contributed by atoms with Crippen molar-refractivity contribution in [1.29, 1.82) is 0 Å². The van der Waals surface area contributed by atoms with Crippen LogP contribution in [0.5, 0.6) is 0 Å². The van der Waals surface area contributed by atoms with E-state index in [0.29, 0.717) is 5.56 Å². The fourth-order valence-corrected chi connectivity index (χ4v) is 0.866. The lowest BCUT2D eigenvalue weighted by Gasteiger charge is -2.00. The topological polar surface area (TPSA) is 55.1 Å². The first-order valence-electron chi connectivity index (χ1n) is 3.47. The van der Waals surface area contributed by atoms with Gasteiger partial charge in [0, 0.05) is 0 Å². The highest BCUT2D eigenvalue weighted by molar-refractivity contribution is 5.85. The van der Waals surface area contributed by atoms with Gasteiger partial charge >= 0.3 is 0 Å². The molecule has 0 saturated carbocycles. The molecule has 0 aliphatic carbocycles. The summed E-state index contributed by atoms with van der Waals surface area (Å²) in [4.78, 5) is 10.7. The average Bonchev–Trinajstić information content (AvgIpc) is 2.09. The summed E-state index contributed by atoms with van der Waals surface area (Å²) in [7, 11) is 0. The Kier molecular flexibility index (Phi) is 5.03. The zero-order valence-electron chi connectivity index (χ0n) is 6.79. The number of rotatable bonds is 2. The van der Waals surface area contributed by atoms with Gasteiger partial charge in [-0.15, -0.1) is 12.4 Å². The number of carbonyl (C=O) groups excluding carboxylic acids is 1. The van der Waals surface area contributed by atoms with E-state index >= 15 is 0 Å². The van der Waals surface area contributed by atoms with Crippen LogP contribution in [0.15, 0.2) is 24.3 Å². The summed E-state index contributed by atoms with van der Waals surface area (Å²) >= 11 is 0. The van der Waals surface area contributed by atoms with Crippen molar-refractivity contribution in [3.05, 3.63) is 35.6 Å². The lowest BCUT2D eigenvalue weighted by atomic mass is 10.1. The van der Waals surface area contributed by atoms with Gasteiger partial charge < -0.3 is 0 Å². The minimum absolute atomic E-state index is 0. The molecular weight excluding hydrogens is 195 g/mol. The number of carbonyl (C=O) groups is 1. The molecule has 0 unspecified atom stereocenters. The molecule has 0 saturated heterocycles. The van der Waals surface area contributed by atoms with Crippen molar-refractivity contribution < 1.29 is 9.18 Å². The molecule has 0 bridgehead atoms. The van der Waals surface area contributed by atoms with Crippen LogP contribution < -0.4 is 11.3 Å². The van der Waals surface area contributed by atoms with Crippen LogP contribution in [0.25, 0.3) is 0 Å². The van der Waals surface area contributed by atoms with Crippen LogP contribution in [0, 0.1) is 5.82 Å². The first kappa shape index (κ1) is 11.9. The minimum Gasteiger partial charge on any atom is -0.294 e. The molecule has 0 spiro atoms. The van der Waals surface area contributed by atoms with Gasteiger partial charge in [-0.1, -0.05) is 18.2 Å². The van der Waals surface area contributed by atoms with Crippen LogP contribution in [0.1, 0.15) is 5.56 Å². The number of hydrogen-bond acceptors (Lipinski definition) is 2. The zero-order chi connectivity index (χ0) is 8.97. The van der Waals surface area contributed by atoms with Crippen molar-refractivity contribution in [2.45, 2.75) is 6.42 Å². The predicted molar refractivity (Wildman–Crippen MR) is 49.7 cm³/mol. The Morgan fingerprint density at radius 3 is 2.62 bits per heavy atom. The summed E-state index contributed by atoms with van der Waals surface area (Å²) in [6.45, 7) is 0. The average molecular weight is 205 g/mol. The van der Waals surface area contributed by atoms with Crippen LogP contribution >= 0.6 is 12.4 Å². The maximum atomic E-state index is 12.9. The summed E-state index contributed by atoms with van der Waals surface area (Å²) in [6.07, 6.45) is -0.0246. The molecule has 0 radical (unpaired) electrons. The first-order valence-corrected chi connectivity index (χ1v) is 3.47. The molecule has 3 nitrogen and oxygen atoms in total. The number of hydrogen-bond donors (Lipinski definition) is 2. The van der Waals surface area contributed by atoms with E-state index < -0.39 is 5.91 Å². The van der Waals surface area contributed by atoms with Gasteiger partial charge in [-0.3, -0.25) is 10.2 Å². The van der Waals surface area contributed by atoms with Gasteiger partial charge in [0.25, 0.3) is 0 Å². The van der Waals surface area contributed by atoms with Gasteiger partial charge in [-0.05, 0) is 11.6 Å². The number of benzene rings is 1. The summed E-state index contributed by atoms with van der Waals surface area (Å²) in [5, 5.41) is 0. The molecule has 1 rings (SSSR count). The van der Waals surface area contributed by atoms with Crippen LogP contribution in [-0.2, 0) is 11.2 Å². The second kappa shape index (κ2) is 5.50. The van der Waals surface area contributed by atoms with Crippen molar-refractivity contribution >= 4 is 18.3 Å².